The largest absolute Gasteiger partial charge is 0.508 e. The number of phenols is 1. The number of ketones is 2. The molecule has 0 fully saturated rings. The van der Waals surface area contributed by atoms with Gasteiger partial charge in [0.2, 0.25) is 0 Å². The Morgan fingerprint density at radius 2 is 1.18 bits per heavy atom. The zero-order valence-corrected chi connectivity index (χ0v) is 23.4. The Morgan fingerprint density at radius 3 is 1.69 bits per heavy atom. The number of benzene rings is 4. The molecule has 1 N–H and O–H groups in total. The van der Waals surface area contributed by atoms with Crippen LogP contribution in [0, 0.1) is 0 Å². The van der Waals surface area contributed by atoms with E-state index >= 15 is 0 Å². The summed E-state index contributed by atoms with van der Waals surface area (Å²) in [6.07, 6.45) is 0. The number of carbonyl (C=O) groups is 2. The van der Waals surface area contributed by atoms with Gasteiger partial charge in [0.05, 0.1) is 20.4 Å². The van der Waals surface area contributed by atoms with Crippen molar-refractivity contribution in [3.05, 3.63) is 113 Å². The second-order valence-electron chi connectivity index (χ2n) is 8.17. The second-order valence-corrected chi connectivity index (χ2v) is 10.8. The van der Waals surface area contributed by atoms with Crippen molar-refractivity contribution in [2.45, 2.75) is 13.8 Å². The van der Waals surface area contributed by atoms with Gasteiger partial charge < -0.3 is 9.84 Å². The van der Waals surface area contributed by atoms with Crippen LogP contribution in [0.5, 0.6) is 16.7 Å². The Morgan fingerprint density at radius 1 is 0.692 bits per heavy atom. The highest BCUT2D eigenvalue weighted by Gasteiger charge is 2.06. The average molecular weight is 575 g/mol. The third-order valence-corrected chi connectivity index (χ3v) is 7.34. The zero-order valence-electron chi connectivity index (χ0n) is 21.0. The highest BCUT2D eigenvalue weighted by atomic mass is 35.5. The molecule has 0 amide bonds. The minimum absolute atomic E-state index is 0.0139. The number of fused-ring (bicyclic) bond motifs is 2. The predicted molar refractivity (Wildman–Crippen MR) is 159 cm³/mol. The third kappa shape index (κ3) is 7.94. The molecule has 0 saturated carbocycles. The summed E-state index contributed by atoms with van der Waals surface area (Å²) < 4.78 is 8.55. The maximum absolute atomic E-state index is 11.2. The lowest BCUT2D eigenvalue weighted by Crippen LogP contribution is -1.91. The molecule has 6 aromatic rings. The smallest absolute Gasteiger partial charge is 0.279 e. The minimum Gasteiger partial charge on any atom is -0.508 e. The van der Waals surface area contributed by atoms with Crippen LogP contribution in [0.4, 0.5) is 0 Å². The molecule has 6 nitrogen and oxygen atoms in total. The number of ether oxygens (including phenoxy) is 1. The van der Waals surface area contributed by atoms with E-state index in [0.717, 1.165) is 20.4 Å². The summed E-state index contributed by atoms with van der Waals surface area (Å²) in [6, 6.07) is 29.1. The van der Waals surface area contributed by atoms with Crippen molar-refractivity contribution in [3.63, 3.8) is 0 Å². The maximum Gasteiger partial charge on any atom is 0.279 e. The van der Waals surface area contributed by atoms with Gasteiger partial charge in [-0.3, -0.25) is 9.59 Å². The Hall–Kier alpha value is -4.11. The Bertz CT molecular complexity index is 1650. The molecule has 196 valence electrons. The van der Waals surface area contributed by atoms with Crippen LogP contribution in [0.15, 0.2) is 97.1 Å². The molecule has 0 aliphatic carbocycles. The number of aromatic nitrogens is 2. The van der Waals surface area contributed by atoms with Crippen LogP contribution >= 0.6 is 34.3 Å². The normalized spacial score (nSPS) is 10.2. The number of aromatic hydroxyl groups is 1. The van der Waals surface area contributed by atoms with Crippen LogP contribution in [0.1, 0.15) is 34.6 Å². The molecule has 39 heavy (non-hydrogen) atoms. The zero-order chi connectivity index (χ0) is 27.8. The molecule has 6 rings (SSSR count). The Balaban J connectivity index is 0.000000149. The molecule has 0 spiro atoms. The van der Waals surface area contributed by atoms with Crippen molar-refractivity contribution in [3.8, 4) is 16.7 Å². The molecule has 0 radical (unpaired) electrons. The predicted octanol–water partition coefficient (Wildman–Crippen LogP) is 8.84. The molecular weight excluding hydrogens is 552 g/mol. The van der Waals surface area contributed by atoms with Crippen molar-refractivity contribution in [1.82, 2.24) is 9.97 Å². The second kappa shape index (κ2) is 13.1. The van der Waals surface area contributed by atoms with Crippen LogP contribution < -0.4 is 4.74 Å². The van der Waals surface area contributed by atoms with E-state index in [2.05, 4.69) is 9.97 Å². The van der Waals surface area contributed by atoms with Gasteiger partial charge in [0.25, 0.3) is 5.19 Å². The van der Waals surface area contributed by atoms with Gasteiger partial charge in [-0.2, -0.15) is 0 Å². The number of nitrogens with zero attached hydrogens (tertiary/aromatic N) is 2. The molecule has 4 aromatic carbocycles. The summed E-state index contributed by atoms with van der Waals surface area (Å²) in [7, 11) is 0. The van der Waals surface area contributed by atoms with Gasteiger partial charge in [-0.1, -0.05) is 47.2 Å². The van der Waals surface area contributed by atoms with Crippen LogP contribution in [0.3, 0.4) is 0 Å². The van der Waals surface area contributed by atoms with Crippen LogP contribution in [-0.4, -0.2) is 26.6 Å². The quantitative estimate of drug-likeness (QED) is 0.211. The molecular formula is C30H23ClN2O4S2. The molecule has 0 atom stereocenters. The van der Waals surface area contributed by atoms with Crippen molar-refractivity contribution >= 4 is 66.3 Å². The first-order valence-electron chi connectivity index (χ1n) is 11.7. The van der Waals surface area contributed by atoms with Crippen molar-refractivity contribution in [2.75, 3.05) is 0 Å². The Labute approximate surface area is 238 Å². The van der Waals surface area contributed by atoms with Crippen LogP contribution in [-0.2, 0) is 0 Å². The Kier molecular flexibility index (Phi) is 9.38. The van der Waals surface area contributed by atoms with E-state index in [9.17, 15) is 9.59 Å². The third-order valence-electron chi connectivity index (χ3n) is 5.28. The van der Waals surface area contributed by atoms with Gasteiger partial charge in [0.15, 0.2) is 16.0 Å². The van der Waals surface area contributed by atoms with E-state index in [0.29, 0.717) is 26.5 Å². The standard InChI is InChI=1S/C15H11NO2S.C8H8O2.C7H4ClNS/c1-10(17)11-6-8-12(9-7-11)18-15-16-13-4-2-3-5-14(13)19-15;1-6(9)7-2-4-8(10)5-3-7;8-7-9-5-3-1-2-4-6(5)10-7/h2-9H,1H3;2-5,10H,1H3;1-4H. The van der Waals surface area contributed by atoms with Gasteiger partial charge in [-0.25, -0.2) is 9.97 Å². The molecule has 0 bridgehead atoms. The summed E-state index contributed by atoms with van der Waals surface area (Å²) in [6.45, 7) is 3.04. The topological polar surface area (TPSA) is 89.4 Å². The minimum atomic E-state index is 0.0139. The number of halogens is 1. The number of hydrogen-bond donors (Lipinski definition) is 1. The first kappa shape index (κ1) is 27.9. The number of hydrogen-bond acceptors (Lipinski definition) is 8. The number of Topliss-reactive ketones (excluding diaryl/α,β-unsaturated/α-hetero) is 2. The molecule has 0 aliphatic heterocycles. The highest BCUT2D eigenvalue weighted by Crippen LogP contribution is 2.31. The molecule has 0 unspecified atom stereocenters. The molecule has 2 aromatic heterocycles. The van der Waals surface area contributed by atoms with E-state index in [1.54, 1.807) is 43.3 Å². The monoisotopic (exact) mass is 574 g/mol. The first-order chi connectivity index (χ1) is 18.8. The molecule has 0 saturated heterocycles. The average Bonchev–Trinajstić information content (AvgIpc) is 3.51. The fraction of sp³-hybridized carbons (Fsp3) is 0.0667. The molecule has 0 aliphatic rings. The van der Waals surface area contributed by atoms with E-state index in [-0.39, 0.29) is 17.3 Å². The van der Waals surface area contributed by atoms with Crippen molar-refractivity contribution in [1.29, 1.82) is 0 Å². The van der Waals surface area contributed by atoms with E-state index in [1.165, 1.54) is 41.7 Å². The lowest BCUT2D eigenvalue weighted by atomic mass is 10.1. The maximum atomic E-state index is 11.2. The highest BCUT2D eigenvalue weighted by molar-refractivity contribution is 7.22. The van der Waals surface area contributed by atoms with Crippen molar-refractivity contribution in [2.24, 2.45) is 0 Å². The summed E-state index contributed by atoms with van der Waals surface area (Å²) in [5.74, 6) is 0.931. The summed E-state index contributed by atoms with van der Waals surface area (Å²) >= 11 is 8.70. The lowest BCUT2D eigenvalue weighted by molar-refractivity contribution is 0.100. The first-order valence-corrected chi connectivity index (χ1v) is 13.7. The summed E-state index contributed by atoms with van der Waals surface area (Å²) in [4.78, 5) is 30.3. The summed E-state index contributed by atoms with van der Waals surface area (Å²) in [5, 5.41) is 9.44. The summed E-state index contributed by atoms with van der Waals surface area (Å²) in [5.41, 5.74) is 3.22. The number of thiazole rings is 2. The SMILES string of the molecule is CC(=O)c1ccc(O)cc1.CC(=O)c1ccc(Oc2nc3ccccc3s2)cc1.Clc1nc2ccccc2s1. The number of para-hydroxylation sites is 2. The molecule has 9 heteroatoms. The lowest BCUT2D eigenvalue weighted by Gasteiger charge is -2.01. The van der Waals surface area contributed by atoms with Crippen molar-refractivity contribution < 1.29 is 19.4 Å². The van der Waals surface area contributed by atoms with Gasteiger partial charge in [-0.05, 0) is 86.6 Å². The van der Waals surface area contributed by atoms with Gasteiger partial charge in [-0.15, -0.1) is 11.3 Å². The van der Waals surface area contributed by atoms with E-state index < -0.39 is 0 Å². The van der Waals surface area contributed by atoms with Crippen LogP contribution in [0.25, 0.3) is 20.4 Å². The van der Waals surface area contributed by atoms with Gasteiger partial charge in [0.1, 0.15) is 11.5 Å². The van der Waals surface area contributed by atoms with Crippen LogP contribution in [0.2, 0.25) is 4.47 Å². The van der Waals surface area contributed by atoms with Gasteiger partial charge in [0, 0.05) is 11.1 Å². The number of carbonyl (C=O) groups excluding carboxylic acids is 2. The van der Waals surface area contributed by atoms with E-state index in [4.69, 9.17) is 21.4 Å². The fourth-order valence-corrected chi connectivity index (χ4v) is 5.16. The molecule has 2 heterocycles. The fourth-order valence-electron chi connectivity index (χ4n) is 3.29. The number of rotatable bonds is 4. The van der Waals surface area contributed by atoms with Gasteiger partial charge >= 0.3 is 0 Å². The number of phenolic OH excluding ortho intramolecular Hbond substituents is 1. The van der Waals surface area contributed by atoms with E-state index in [1.807, 2.05) is 48.5 Å².